The number of amides is 1. The van der Waals surface area contributed by atoms with Gasteiger partial charge in [0.25, 0.3) is 5.91 Å². The van der Waals surface area contributed by atoms with E-state index < -0.39 is 27.4 Å². The molecule has 1 fully saturated rings. The van der Waals surface area contributed by atoms with E-state index in [0.29, 0.717) is 6.42 Å². The van der Waals surface area contributed by atoms with Crippen LogP contribution in [0.4, 0.5) is 14.5 Å². The van der Waals surface area contributed by atoms with Gasteiger partial charge in [0.05, 0.1) is 17.1 Å². The minimum atomic E-state index is -3.15. The van der Waals surface area contributed by atoms with Crippen molar-refractivity contribution in [2.24, 2.45) is 0 Å². The van der Waals surface area contributed by atoms with Crippen molar-refractivity contribution >= 4 is 21.4 Å². The van der Waals surface area contributed by atoms with E-state index in [1.165, 1.54) is 4.90 Å². The average Bonchev–Trinajstić information content (AvgIpc) is 2.54. The van der Waals surface area contributed by atoms with Crippen LogP contribution in [-0.4, -0.2) is 43.8 Å². The molecule has 0 saturated carbocycles. The SMILES string of the molecule is Nc1cc(F)c(F)cc1C(=O)N1CCCS(=O)(=O)CC1. The van der Waals surface area contributed by atoms with E-state index in [4.69, 9.17) is 5.73 Å². The third-order valence-corrected chi connectivity index (χ3v) is 4.88. The number of halogens is 2. The van der Waals surface area contributed by atoms with Gasteiger partial charge >= 0.3 is 0 Å². The number of nitrogens with zero attached hydrogens (tertiary/aromatic N) is 1. The van der Waals surface area contributed by atoms with Gasteiger partial charge < -0.3 is 10.6 Å². The molecule has 1 saturated heterocycles. The normalized spacial score (nSPS) is 18.6. The molecule has 0 radical (unpaired) electrons. The Morgan fingerprint density at radius 1 is 1.15 bits per heavy atom. The molecule has 1 amide bonds. The zero-order valence-corrected chi connectivity index (χ0v) is 11.4. The van der Waals surface area contributed by atoms with Gasteiger partial charge in [0.2, 0.25) is 0 Å². The Hall–Kier alpha value is -1.70. The summed E-state index contributed by atoms with van der Waals surface area (Å²) in [6.07, 6.45) is 0.317. The number of rotatable bonds is 1. The zero-order valence-electron chi connectivity index (χ0n) is 10.6. The lowest BCUT2D eigenvalue weighted by molar-refractivity contribution is 0.0769. The second kappa shape index (κ2) is 5.35. The van der Waals surface area contributed by atoms with Crippen LogP contribution >= 0.6 is 0 Å². The van der Waals surface area contributed by atoms with Crippen molar-refractivity contribution in [2.75, 3.05) is 30.3 Å². The van der Waals surface area contributed by atoms with Crippen LogP contribution in [-0.2, 0) is 9.84 Å². The van der Waals surface area contributed by atoms with Gasteiger partial charge in [-0.25, -0.2) is 17.2 Å². The lowest BCUT2D eigenvalue weighted by Crippen LogP contribution is -2.34. The number of benzene rings is 1. The molecular formula is C12H14F2N2O3S. The summed E-state index contributed by atoms with van der Waals surface area (Å²) in [5.41, 5.74) is 5.20. The molecule has 1 aromatic rings. The van der Waals surface area contributed by atoms with E-state index in [9.17, 15) is 22.0 Å². The van der Waals surface area contributed by atoms with Crippen molar-refractivity contribution in [3.05, 3.63) is 29.3 Å². The fourth-order valence-electron chi connectivity index (χ4n) is 2.06. The molecule has 1 heterocycles. The third-order valence-electron chi connectivity index (χ3n) is 3.17. The fraction of sp³-hybridized carbons (Fsp3) is 0.417. The molecule has 8 heteroatoms. The molecule has 1 aliphatic rings. The van der Waals surface area contributed by atoms with E-state index in [2.05, 4.69) is 0 Å². The minimum absolute atomic E-state index is 0.0179. The maximum atomic E-state index is 13.2. The molecule has 0 aromatic heterocycles. The van der Waals surface area contributed by atoms with E-state index in [-0.39, 0.29) is 35.8 Å². The number of carbonyl (C=O) groups is 1. The Bertz CT molecular complexity index is 646. The van der Waals surface area contributed by atoms with Gasteiger partial charge in [-0.1, -0.05) is 0 Å². The summed E-state index contributed by atoms with van der Waals surface area (Å²) in [5.74, 6) is -2.99. The lowest BCUT2D eigenvalue weighted by Gasteiger charge is -2.20. The van der Waals surface area contributed by atoms with Crippen LogP contribution in [0, 0.1) is 11.6 Å². The van der Waals surface area contributed by atoms with Crippen LogP contribution in [0.2, 0.25) is 0 Å². The smallest absolute Gasteiger partial charge is 0.256 e. The van der Waals surface area contributed by atoms with Crippen LogP contribution in [0.15, 0.2) is 12.1 Å². The predicted molar refractivity (Wildman–Crippen MR) is 69.9 cm³/mol. The molecule has 20 heavy (non-hydrogen) atoms. The Morgan fingerprint density at radius 3 is 2.50 bits per heavy atom. The van der Waals surface area contributed by atoms with Crippen molar-refractivity contribution in [1.29, 1.82) is 0 Å². The van der Waals surface area contributed by atoms with E-state index in [1.54, 1.807) is 0 Å². The van der Waals surface area contributed by atoms with Crippen molar-refractivity contribution < 1.29 is 22.0 Å². The number of nitrogen functional groups attached to an aromatic ring is 1. The Labute approximate surface area is 115 Å². The molecule has 0 atom stereocenters. The molecular weight excluding hydrogens is 290 g/mol. The predicted octanol–water partition coefficient (Wildman–Crippen LogP) is 0.808. The first-order valence-corrected chi connectivity index (χ1v) is 7.86. The summed E-state index contributed by atoms with van der Waals surface area (Å²) < 4.78 is 49.1. The van der Waals surface area contributed by atoms with Gasteiger partial charge in [0, 0.05) is 24.8 Å². The van der Waals surface area contributed by atoms with Crippen molar-refractivity contribution in [2.45, 2.75) is 6.42 Å². The Morgan fingerprint density at radius 2 is 1.80 bits per heavy atom. The molecule has 0 unspecified atom stereocenters. The minimum Gasteiger partial charge on any atom is -0.398 e. The van der Waals surface area contributed by atoms with Crippen LogP contribution in [0.1, 0.15) is 16.8 Å². The van der Waals surface area contributed by atoms with Crippen molar-refractivity contribution in [1.82, 2.24) is 4.90 Å². The van der Waals surface area contributed by atoms with Crippen LogP contribution in [0.25, 0.3) is 0 Å². The molecule has 0 bridgehead atoms. The molecule has 2 rings (SSSR count). The highest BCUT2D eigenvalue weighted by Gasteiger charge is 2.25. The summed E-state index contributed by atoms with van der Waals surface area (Å²) >= 11 is 0. The maximum absolute atomic E-state index is 13.2. The largest absolute Gasteiger partial charge is 0.398 e. The highest BCUT2D eigenvalue weighted by atomic mass is 32.2. The zero-order chi connectivity index (χ0) is 14.9. The first-order valence-electron chi connectivity index (χ1n) is 6.04. The summed E-state index contributed by atoms with van der Waals surface area (Å²) in [5, 5.41) is 0. The summed E-state index contributed by atoms with van der Waals surface area (Å²) in [4.78, 5) is 13.5. The summed E-state index contributed by atoms with van der Waals surface area (Å²) in [7, 11) is -3.15. The van der Waals surface area contributed by atoms with Crippen LogP contribution < -0.4 is 5.73 Å². The highest BCUT2D eigenvalue weighted by Crippen LogP contribution is 2.20. The Balaban J connectivity index is 2.25. The molecule has 1 aliphatic heterocycles. The number of sulfone groups is 1. The molecule has 110 valence electrons. The summed E-state index contributed by atoms with van der Waals surface area (Å²) in [6.45, 7) is 0.274. The standard InChI is InChI=1S/C12H14F2N2O3S/c13-9-6-8(11(15)7-10(9)14)12(17)16-2-1-4-20(18,19)5-3-16/h6-7H,1-5,15H2. The maximum Gasteiger partial charge on any atom is 0.256 e. The van der Waals surface area contributed by atoms with Crippen molar-refractivity contribution in [3.8, 4) is 0 Å². The van der Waals surface area contributed by atoms with E-state index >= 15 is 0 Å². The number of hydrogen-bond donors (Lipinski definition) is 1. The number of anilines is 1. The molecule has 5 nitrogen and oxygen atoms in total. The lowest BCUT2D eigenvalue weighted by atomic mass is 10.1. The van der Waals surface area contributed by atoms with Gasteiger partial charge in [-0.3, -0.25) is 4.79 Å². The molecule has 0 aliphatic carbocycles. The average molecular weight is 304 g/mol. The molecule has 0 spiro atoms. The van der Waals surface area contributed by atoms with Gasteiger partial charge in [-0.2, -0.15) is 0 Å². The van der Waals surface area contributed by atoms with Crippen LogP contribution in [0.3, 0.4) is 0 Å². The number of carbonyl (C=O) groups excluding carboxylic acids is 1. The highest BCUT2D eigenvalue weighted by molar-refractivity contribution is 7.91. The van der Waals surface area contributed by atoms with Gasteiger partial charge in [0.15, 0.2) is 21.5 Å². The second-order valence-electron chi connectivity index (χ2n) is 4.65. The fourth-order valence-corrected chi connectivity index (χ4v) is 3.33. The van der Waals surface area contributed by atoms with Gasteiger partial charge in [-0.15, -0.1) is 0 Å². The molecule has 2 N–H and O–H groups in total. The second-order valence-corrected chi connectivity index (χ2v) is 6.95. The quantitative estimate of drug-likeness (QED) is 0.779. The summed E-state index contributed by atoms with van der Waals surface area (Å²) in [6, 6.07) is 1.49. The number of nitrogens with two attached hydrogens (primary N) is 1. The van der Waals surface area contributed by atoms with E-state index in [0.717, 1.165) is 12.1 Å². The first-order chi connectivity index (χ1) is 9.30. The molecule has 1 aromatic carbocycles. The Kier molecular flexibility index (Phi) is 3.94. The van der Waals surface area contributed by atoms with Crippen molar-refractivity contribution in [3.63, 3.8) is 0 Å². The third kappa shape index (κ3) is 3.06. The monoisotopic (exact) mass is 304 g/mol. The number of hydrogen-bond acceptors (Lipinski definition) is 4. The van der Waals surface area contributed by atoms with Gasteiger partial charge in [-0.05, 0) is 12.5 Å². The topological polar surface area (TPSA) is 80.5 Å². The van der Waals surface area contributed by atoms with Crippen LogP contribution in [0.5, 0.6) is 0 Å². The van der Waals surface area contributed by atoms with E-state index in [1.807, 2.05) is 0 Å². The first kappa shape index (κ1) is 14.7. The van der Waals surface area contributed by atoms with Gasteiger partial charge in [0.1, 0.15) is 0 Å².